The quantitative estimate of drug-likeness (QED) is 0.599. The summed E-state index contributed by atoms with van der Waals surface area (Å²) < 4.78 is 5.54. The zero-order valence-corrected chi connectivity index (χ0v) is 11.9. The van der Waals surface area contributed by atoms with Crippen molar-refractivity contribution in [2.45, 2.75) is 13.0 Å². The first kappa shape index (κ1) is 15.9. The van der Waals surface area contributed by atoms with Crippen LogP contribution in [0.2, 0.25) is 0 Å². The van der Waals surface area contributed by atoms with Crippen molar-refractivity contribution < 1.29 is 14.5 Å². The Balaban J connectivity index is 2.73. The summed E-state index contributed by atoms with van der Waals surface area (Å²) in [7, 11) is 5.11. The van der Waals surface area contributed by atoms with Crippen molar-refractivity contribution in [1.29, 1.82) is 0 Å². The molecule has 0 spiro atoms. The Morgan fingerprint density at radius 1 is 1.45 bits per heavy atom. The van der Waals surface area contributed by atoms with Crippen LogP contribution in [-0.2, 0) is 11.3 Å². The van der Waals surface area contributed by atoms with Crippen LogP contribution < -0.4 is 10.1 Å². The lowest BCUT2D eigenvalue weighted by atomic mass is 10.1. The number of ether oxygens (including phenoxy) is 1. The third kappa shape index (κ3) is 4.51. The molecule has 0 fully saturated rings. The lowest BCUT2D eigenvalue weighted by molar-refractivity contribution is -0.384. The summed E-state index contributed by atoms with van der Waals surface area (Å²) in [5.74, 6) is 0.526. The minimum Gasteiger partial charge on any atom is -0.493 e. The van der Waals surface area contributed by atoms with Gasteiger partial charge in [0.15, 0.2) is 0 Å². The Morgan fingerprint density at radius 3 is 2.70 bits per heavy atom. The van der Waals surface area contributed by atoms with Gasteiger partial charge in [0.05, 0.1) is 18.0 Å². The van der Waals surface area contributed by atoms with Crippen LogP contribution in [0.25, 0.3) is 0 Å². The van der Waals surface area contributed by atoms with Gasteiger partial charge in [0.25, 0.3) is 5.69 Å². The van der Waals surface area contributed by atoms with Crippen LogP contribution in [0.1, 0.15) is 12.0 Å². The summed E-state index contributed by atoms with van der Waals surface area (Å²) in [6, 6.07) is 4.42. The minimum absolute atomic E-state index is 0.0203. The number of rotatable bonds is 7. The number of benzene rings is 1. The van der Waals surface area contributed by atoms with E-state index in [9.17, 15) is 14.9 Å². The number of amides is 1. The molecule has 1 aromatic carbocycles. The number of hydrogen-bond acceptors (Lipinski definition) is 5. The Labute approximate surface area is 117 Å². The van der Waals surface area contributed by atoms with E-state index in [1.807, 2.05) is 0 Å². The molecule has 0 bridgehead atoms. The number of non-ortho nitro benzene ring substituents is 1. The second-order valence-electron chi connectivity index (χ2n) is 4.47. The lowest BCUT2D eigenvalue weighted by Crippen LogP contribution is -2.23. The van der Waals surface area contributed by atoms with E-state index in [-0.39, 0.29) is 24.6 Å². The molecule has 110 valence electrons. The number of nitrogens with one attached hydrogen (secondary N) is 1. The van der Waals surface area contributed by atoms with Crippen molar-refractivity contribution in [2.24, 2.45) is 0 Å². The van der Waals surface area contributed by atoms with E-state index in [0.717, 1.165) is 0 Å². The van der Waals surface area contributed by atoms with Crippen molar-refractivity contribution in [1.82, 2.24) is 10.2 Å². The number of carbonyl (C=O) groups excluding carboxylic acids is 1. The fourth-order valence-electron chi connectivity index (χ4n) is 1.62. The van der Waals surface area contributed by atoms with Crippen LogP contribution >= 0.6 is 0 Å². The summed E-state index contributed by atoms with van der Waals surface area (Å²) in [5, 5.41) is 13.7. The fraction of sp³-hybridized carbons (Fsp3) is 0.462. The van der Waals surface area contributed by atoms with Crippen molar-refractivity contribution >= 4 is 11.6 Å². The van der Waals surface area contributed by atoms with Crippen LogP contribution in [-0.4, -0.2) is 43.5 Å². The second-order valence-corrected chi connectivity index (χ2v) is 4.47. The zero-order valence-electron chi connectivity index (χ0n) is 11.9. The number of hydrogen-bond donors (Lipinski definition) is 1. The molecule has 20 heavy (non-hydrogen) atoms. The molecule has 0 saturated carbocycles. The highest BCUT2D eigenvalue weighted by Gasteiger charge is 2.12. The summed E-state index contributed by atoms with van der Waals surface area (Å²) in [5.41, 5.74) is 0.714. The summed E-state index contributed by atoms with van der Waals surface area (Å²) in [4.78, 5) is 23.2. The zero-order chi connectivity index (χ0) is 15.1. The van der Waals surface area contributed by atoms with Crippen LogP contribution in [0.5, 0.6) is 5.75 Å². The molecule has 7 nitrogen and oxygen atoms in total. The molecule has 0 saturated heterocycles. The van der Waals surface area contributed by atoms with Crippen LogP contribution in [0.4, 0.5) is 5.69 Å². The SMILES string of the molecule is CNCc1cc([N+](=O)[O-])ccc1OCCC(=O)N(C)C. The van der Waals surface area contributed by atoms with E-state index in [1.54, 1.807) is 27.2 Å². The van der Waals surface area contributed by atoms with E-state index >= 15 is 0 Å². The van der Waals surface area contributed by atoms with Crippen molar-refractivity contribution in [2.75, 3.05) is 27.7 Å². The molecule has 0 heterocycles. The van der Waals surface area contributed by atoms with Crippen LogP contribution in [0.15, 0.2) is 18.2 Å². The molecule has 0 atom stereocenters. The third-order valence-corrected chi connectivity index (χ3v) is 2.69. The fourth-order valence-corrected chi connectivity index (χ4v) is 1.62. The maximum absolute atomic E-state index is 11.4. The van der Waals surface area contributed by atoms with Gasteiger partial charge >= 0.3 is 0 Å². The smallest absolute Gasteiger partial charge is 0.270 e. The van der Waals surface area contributed by atoms with Gasteiger partial charge < -0.3 is 15.0 Å². The standard InChI is InChI=1S/C13H19N3O4/c1-14-9-10-8-11(16(18)19)4-5-12(10)20-7-6-13(17)15(2)3/h4-5,8,14H,6-7,9H2,1-3H3. The van der Waals surface area contributed by atoms with Gasteiger partial charge in [0.1, 0.15) is 5.75 Å². The second kappa shape index (κ2) is 7.44. The predicted molar refractivity (Wildman–Crippen MR) is 74.7 cm³/mol. The number of nitro groups is 1. The molecule has 0 aromatic heterocycles. The van der Waals surface area contributed by atoms with E-state index < -0.39 is 4.92 Å². The van der Waals surface area contributed by atoms with Gasteiger partial charge in [0, 0.05) is 38.3 Å². The number of nitrogens with zero attached hydrogens (tertiary/aromatic N) is 2. The Hall–Kier alpha value is -2.15. The van der Waals surface area contributed by atoms with Crippen LogP contribution in [0, 0.1) is 10.1 Å². The first-order valence-corrected chi connectivity index (χ1v) is 6.20. The Bertz CT molecular complexity index is 489. The summed E-state index contributed by atoms with van der Waals surface area (Å²) in [6.07, 6.45) is 0.267. The normalized spacial score (nSPS) is 10.2. The molecular weight excluding hydrogens is 262 g/mol. The molecule has 7 heteroatoms. The highest BCUT2D eigenvalue weighted by Crippen LogP contribution is 2.24. The number of nitro benzene ring substituents is 1. The topological polar surface area (TPSA) is 84.7 Å². The maximum Gasteiger partial charge on any atom is 0.270 e. The molecule has 1 rings (SSSR count). The predicted octanol–water partition coefficient (Wildman–Crippen LogP) is 1.17. The van der Waals surface area contributed by atoms with Gasteiger partial charge in [-0.2, -0.15) is 0 Å². The molecule has 1 aromatic rings. The molecule has 0 unspecified atom stereocenters. The number of carbonyl (C=O) groups is 1. The highest BCUT2D eigenvalue weighted by molar-refractivity contribution is 5.75. The molecule has 0 radical (unpaired) electrons. The Kier molecular flexibility index (Phi) is 5.92. The van der Waals surface area contributed by atoms with Gasteiger partial charge in [-0.3, -0.25) is 14.9 Å². The van der Waals surface area contributed by atoms with Crippen molar-refractivity contribution in [3.05, 3.63) is 33.9 Å². The average molecular weight is 281 g/mol. The molecular formula is C13H19N3O4. The van der Waals surface area contributed by atoms with Gasteiger partial charge in [0.2, 0.25) is 5.91 Å². The van der Waals surface area contributed by atoms with Gasteiger partial charge in [-0.15, -0.1) is 0 Å². The van der Waals surface area contributed by atoms with E-state index in [1.165, 1.54) is 17.0 Å². The first-order valence-electron chi connectivity index (χ1n) is 6.20. The van der Waals surface area contributed by atoms with E-state index in [2.05, 4.69) is 5.32 Å². The van der Waals surface area contributed by atoms with Gasteiger partial charge in [-0.05, 0) is 13.1 Å². The van der Waals surface area contributed by atoms with Gasteiger partial charge in [-0.25, -0.2) is 0 Å². The van der Waals surface area contributed by atoms with E-state index in [0.29, 0.717) is 17.9 Å². The molecule has 1 amide bonds. The molecule has 0 aliphatic rings. The highest BCUT2D eigenvalue weighted by atomic mass is 16.6. The third-order valence-electron chi connectivity index (χ3n) is 2.69. The molecule has 0 aliphatic carbocycles. The maximum atomic E-state index is 11.4. The van der Waals surface area contributed by atoms with Crippen molar-refractivity contribution in [3.8, 4) is 5.75 Å². The van der Waals surface area contributed by atoms with Crippen molar-refractivity contribution in [3.63, 3.8) is 0 Å². The first-order chi connectivity index (χ1) is 9.45. The average Bonchev–Trinajstić information content (AvgIpc) is 2.40. The monoisotopic (exact) mass is 281 g/mol. The van der Waals surface area contributed by atoms with Gasteiger partial charge in [-0.1, -0.05) is 0 Å². The summed E-state index contributed by atoms with van der Waals surface area (Å²) in [6.45, 7) is 0.699. The summed E-state index contributed by atoms with van der Waals surface area (Å²) >= 11 is 0. The minimum atomic E-state index is -0.446. The lowest BCUT2D eigenvalue weighted by Gasteiger charge is -2.13. The van der Waals surface area contributed by atoms with E-state index in [4.69, 9.17) is 4.74 Å². The molecule has 1 N–H and O–H groups in total. The Morgan fingerprint density at radius 2 is 2.15 bits per heavy atom. The van der Waals surface area contributed by atoms with Crippen LogP contribution in [0.3, 0.4) is 0 Å². The largest absolute Gasteiger partial charge is 0.493 e. The molecule has 0 aliphatic heterocycles.